The lowest BCUT2D eigenvalue weighted by atomic mass is 10.0. The number of benzene rings is 1. The van der Waals surface area contributed by atoms with Crippen molar-refractivity contribution >= 4 is 5.69 Å². The van der Waals surface area contributed by atoms with Crippen molar-refractivity contribution in [2.45, 2.75) is 25.9 Å². The summed E-state index contributed by atoms with van der Waals surface area (Å²) in [5, 5.41) is 0. The van der Waals surface area contributed by atoms with Crippen LogP contribution in [0.1, 0.15) is 29.7 Å². The first-order chi connectivity index (χ1) is 9.63. The van der Waals surface area contributed by atoms with Crippen LogP contribution in [0.4, 0.5) is 10.1 Å². The van der Waals surface area contributed by atoms with Gasteiger partial charge in [-0.3, -0.25) is 4.98 Å². The number of pyridine rings is 1. The molecule has 0 radical (unpaired) electrons. The van der Waals surface area contributed by atoms with Gasteiger partial charge in [0.2, 0.25) is 0 Å². The normalized spacial score (nSPS) is 15.2. The topological polar surface area (TPSA) is 42.1 Å². The predicted molar refractivity (Wildman–Crippen MR) is 78.0 cm³/mol. The van der Waals surface area contributed by atoms with Crippen LogP contribution in [0.25, 0.3) is 0 Å². The predicted octanol–water partition coefficient (Wildman–Crippen LogP) is 2.80. The van der Waals surface area contributed by atoms with Gasteiger partial charge < -0.3 is 10.6 Å². The average molecular weight is 271 g/mol. The van der Waals surface area contributed by atoms with Crippen molar-refractivity contribution in [3.05, 3.63) is 59.2 Å². The zero-order chi connectivity index (χ0) is 14.1. The standard InChI is InChI=1S/C16H18FN3/c1-11(18)13-2-3-16-14(7-13)4-5-20(16)10-12-6-15(17)9-19-8-12/h2-3,6-9,11H,4-5,10,18H2,1H3. The lowest BCUT2D eigenvalue weighted by molar-refractivity contribution is 0.617. The average Bonchev–Trinajstić information content (AvgIpc) is 2.81. The van der Waals surface area contributed by atoms with Gasteiger partial charge in [-0.15, -0.1) is 0 Å². The number of nitrogens with zero attached hydrogens (tertiary/aromatic N) is 2. The van der Waals surface area contributed by atoms with Gasteiger partial charge in [0.25, 0.3) is 0 Å². The summed E-state index contributed by atoms with van der Waals surface area (Å²) in [6.07, 6.45) is 3.96. The van der Waals surface area contributed by atoms with E-state index < -0.39 is 0 Å². The first kappa shape index (κ1) is 13.1. The number of fused-ring (bicyclic) bond motifs is 1. The largest absolute Gasteiger partial charge is 0.367 e. The number of aromatic nitrogens is 1. The van der Waals surface area contributed by atoms with E-state index in [1.54, 1.807) is 12.3 Å². The molecule has 3 rings (SSSR count). The van der Waals surface area contributed by atoms with E-state index in [-0.39, 0.29) is 11.9 Å². The Morgan fingerprint density at radius 3 is 2.95 bits per heavy atom. The van der Waals surface area contributed by atoms with Crippen LogP contribution in [0.15, 0.2) is 36.7 Å². The van der Waals surface area contributed by atoms with Crippen LogP contribution in [-0.4, -0.2) is 11.5 Å². The van der Waals surface area contributed by atoms with E-state index >= 15 is 0 Å². The fraction of sp³-hybridized carbons (Fsp3) is 0.312. The van der Waals surface area contributed by atoms with Gasteiger partial charge in [0, 0.05) is 31.0 Å². The van der Waals surface area contributed by atoms with Gasteiger partial charge in [0.1, 0.15) is 5.82 Å². The molecule has 1 aromatic carbocycles. The monoisotopic (exact) mass is 271 g/mol. The van der Waals surface area contributed by atoms with Gasteiger partial charge in [-0.1, -0.05) is 12.1 Å². The van der Waals surface area contributed by atoms with Crippen molar-refractivity contribution in [2.24, 2.45) is 5.73 Å². The van der Waals surface area contributed by atoms with Crippen LogP contribution in [0, 0.1) is 5.82 Å². The first-order valence-electron chi connectivity index (χ1n) is 6.86. The molecule has 0 amide bonds. The fourth-order valence-electron chi connectivity index (χ4n) is 2.70. The van der Waals surface area contributed by atoms with E-state index in [1.165, 1.54) is 17.4 Å². The molecular formula is C16H18FN3. The number of hydrogen-bond donors (Lipinski definition) is 1. The first-order valence-corrected chi connectivity index (χ1v) is 6.86. The van der Waals surface area contributed by atoms with Crippen LogP contribution in [0.5, 0.6) is 0 Å². The van der Waals surface area contributed by atoms with Crippen LogP contribution in [0.3, 0.4) is 0 Å². The molecule has 0 aliphatic carbocycles. The summed E-state index contributed by atoms with van der Waals surface area (Å²) in [5.41, 5.74) is 10.5. The zero-order valence-electron chi connectivity index (χ0n) is 11.5. The van der Waals surface area contributed by atoms with E-state index in [4.69, 9.17) is 5.73 Å². The molecule has 1 atom stereocenters. The third-order valence-electron chi connectivity index (χ3n) is 3.76. The zero-order valence-corrected chi connectivity index (χ0v) is 11.5. The molecule has 0 spiro atoms. The Bertz CT molecular complexity index is 625. The molecule has 1 aliphatic rings. The van der Waals surface area contributed by atoms with E-state index in [2.05, 4.69) is 28.1 Å². The molecule has 1 unspecified atom stereocenters. The highest BCUT2D eigenvalue weighted by atomic mass is 19.1. The summed E-state index contributed by atoms with van der Waals surface area (Å²) >= 11 is 0. The van der Waals surface area contributed by atoms with Crippen LogP contribution >= 0.6 is 0 Å². The number of halogens is 1. The Morgan fingerprint density at radius 1 is 1.35 bits per heavy atom. The molecule has 20 heavy (non-hydrogen) atoms. The third kappa shape index (κ3) is 2.51. The molecular weight excluding hydrogens is 253 g/mol. The summed E-state index contributed by atoms with van der Waals surface area (Å²) in [6.45, 7) is 3.64. The molecule has 0 saturated carbocycles. The molecule has 0 bridgehead atoms. The Hall–Kier alpha value is -1.94. The van der Waals surface area contributed by atoms with E-state index in [9.17, 15) is 4.39 Å². The minimum Gasteiger partial charge on any atom is -0.367 e. The van der Waals surface area contributed by atoms with E-state index in [0.717, 1.165) is 24.1 Å². The van der Waals surface area contributed by atoms with Crippen molar-refractivity contribution in [3.63, 3.8) is 0 Å². The van der Waals surface area contributed by atoms with Crippen LogP contribution < -0.4 is 10.6 Å². The quantitative estimate of drug-likeness (QED) is 0.933. The summed E-state index contributed by atoms with van der Waals surface area (Å²) in [6, 6.07) is 7.98. The Kier molecular flexibility index (Phi) is 3.40. The second kappa shape index (κ2) is 5.21. The molecule has 4 heteroatoms. The minimum atomic E-state index is -0.283. The second-order valence-electron chi connectivity index (χ2n) is 5.36. The lowest BCUT2D eigenvalue weighted by Gasteiger charge is -2.19. The molecule has 0 fully saturated rings. The number of rotatable bonds is 3. The third-order valence-corrected chi connectivity index (χ3v) is 3.76. The maximum Gasteiger partial charge on any atom is 0.141 e. The lowest BCUT2D eigenvalue weighted by Crippen LogP contribution is -2.19. The molecule has 3 nitrogen and oxygen atoms in total. The van der Waals surface area contributed by atoms with E-state index in [1.807, 2.05) is 6.92 Å². The van der Waals surface area contributed by atoms with Gasteiger partial charge in [0.05, 0.1) is 6.20 Å². The van der Waals surface area contributed by atoms with Crippen molar-refractivity contribution in [1.29, 1.82) is 0 Å². The highest BCUT2D eigenvalue weighted by molar-refractivity contribution is 5.59. The smallest absolute Gasteiger partial charge is 0.141 e. The second-order valence-corrected chi connectivity index (χ2v) is 5.36. The Morgan fingerprint density at radius 2 is 2.20 bits per heavy atom. The van der Waals surface area contributed by atoms with Gasteiger partial charge in [-0.25, -0.2) is 4.39 Å². The summed E-state index contributed by atoms with van der Waals surface area (Å²) in [7, 11) is 0. The fourth-order valence-corrected chi connectivity index (χ4v) is 2.70. The van der Waals surface area contributed by atoms with E-state index in [0.29, 0.717) is 6.54 Å². The van der Waals surface area contributed by atoms with Crippen LogP contribution in [-0.2, 0) is 13.0 Å². The number of nitrogens with two attached hydrogens (primary N) is 1. The van der Waals surface area contributed by atoms with Crippen molar-refractivity contribution in [2.75, 3.05) is 11.4 Å². The maximum atomic E-state index is 13.2. The summed E-state index contributed by atoms with van der Waals surface area (Å²) < 4.78 is 13.2. The number of hydrogen-bond acceptors (Lipinski definition) is 3. The molecule has 1 aromatic heterocycles. The van der Waals surface area contributed by atoms with Crippen molar-refractivity contribution in [3.8, 4) is 0 Å². The summed E-state index contributed by atoms with van der Waals surface area (Å²) in [4.78, 5) is 6.16. The Labute approximate surface area is 118 Å². The van der Waals surface area contributed by atoms with Gasteiger partial charge in [-0.05, 0) is 42.2 Å². The van der Waals surface area contributed by atoms with Crippen LogP contribution in [0.2, 0.25) is 0 Å². The Balaban J connectivity index is 1.83. The molecule has 1 aliphatic heterocycles. The molecule has 2 aromatic rings. The SMILES string of the molecule is CC(N)c1ccc2c(c1)CCN2Cc1cncc(F)c1. The highest BCUT2D eigenvalue weighted by Crippen LogP contribution is 2.31. The molecule has 2 heterocycles. The number of anilines is 1. The van der Waals surface area contributed by atoms with Gasteiger partial charge >= 0.3 is 0 Å². The van der Waals surface area contributed by atoms with Gasteiger partial charge in [-0.2, -0.15) is 0 Å². The van der Waals surface area contributed by atoms with Crippen molar-refractivity contribution < 1.29 is 4.39 Å². The minimum absolute atomic E-state index is 0.0572. The molecule has 0 saturated heterocycles. The summed E-state index contributed by atoms with van der Waals surface area (Å²) in [5.74, 6) is -0.283. The maximum absolute atomic E-state index is 13.2. The molecule has 104 valence electrons. The van der Waals surface area contributed by atoms with Gasteiger partial charge in [0.15, 0.2) is 0 Å². The highest BCUT2D eigenvalue weighted by Gasteiger charge is 2.20. The molecule has 2 N–H and O–H groups in total. The van der Waals surface area contributed by atoms with Crippen molar-refractivity contribution in [1.82, 2.24) is 4.98 Å².